The molecule has 1 amide bonds. The van der Waals surface area contributed by atoms with Gasteiger partial charge in [-0.15, -0.1) is 0 Å². The second-order valence-electron chi connectivity index (χ2n) is 8.58. The maximum Gasteiger partial charge on any atom is 0.223 e. The van der Waals surface area contributed by atoms with Crippen LogP contribution in [0.15, 0.2) is 83.3 Å². The zero-order valence-corrected chi connectivity index (χ0v) is 20.0. The predicted molar refractivity (Wildman–Crippen MR) is 135 cm³/mol. The Morgan fingerprint density at radius 2 is 1.64 bits per heavy atom. The van der Waals surface area contributed by atoms with Crippen molar-refractivity contribution in [1.82, 2.24) is 19.8 Å². The third-order valence-corrected chi connectivity index (χ3v) is 6.88. The number of benzene rings is 3. The minimum atomic E-state index is 0.0789. The maximum absolute atomic E-state index is 12.7. The third-order valence-electron chi connectivity index (χ3n) is 6.35. The summed E-state index contributed by atoms with van der Waals surface area (Å²) in [6.07, 6.45) is 1.75. The van der Waals surface area contributed by atoms with E-state index in [1.807, 2.05) is 36.4 Å². The number of halogens is 1. The number of nitrogens with zero attached hydrogens (tertiary/aromatic N) is 3. The molecular weight excluding hydrogens is 476 g/mol. The SMILES string of the molecule is O=C(NCc1ccccc1)C1CCN(Cc2nc3ccccc3n2-c2ccc(Br)cc2)CC1. The first-order valence-corrected chi connectivity index (χ1v) is 12.2. The summed E-state index contributed by atoms with van der Waals surface area (Å²) in [7, 11) is 0. The van der Waals surface area contributed by atoms with Crippen LogP contribution < -0.4 is 5.32 Å². The van der Waals surface area contributed by atoms with Crippen LogP contribution in [0.25, 0.3) is 16.7 Å². The van der Waals surface area contributed by atoms with Crippen molar-refractivity contribution in [2.75, 3.05) is 13.1 Å². The Balaban J connectivity index is 1.25. The Hall–Kier alpha value is -2.96. The number of likely N-dealkylation sites (tertiary alicyclic amines) is 1. The quantitative estimate of drug-likeness (QED) is 0.388. The number of hydrogen-bond donors (Lipinski definition) is 1. The van der Waals surface area contributed by atoms with Crippen molar-refractivity contribution in [3.05, 3.63) is 94.7 Å². The van der Waals surface area contributed by atoms with Gasteiger partial charge < -0.3 is 5.32 Å². The number of piperidine rings is 1. The van der Waals surface area contributed by atoms with Gasteiger partial charge in [-0.2, -0.15) is 0 Å². The number of aromatic nitrogens is 2. The van der Waals surface area contributed by atoms with E-state index in [-0.39, 0.29) is 11.8 Å². The number of carbonyl (C=O) groups excluding carboxylic acids is 1. The molecule has 5 rings (SSSR count). The topological polar surface area (TPSA) is 50.2 Å². The molecule has 6 heteroatoms. The highest BCUT2D eigenvalue weighted by Crippen LogP contribution is 2.25. The monoisotopic (exact) mass is 502 g/mol. The van der Waals surface area contributed by atoms with E-state index in [0.29, 0.717) is 6.54 Å². The summed E-state index contributed by atoms with van der Waals surface area (Å²) < 4.78 is 3.31. The van der Waals surface area contributed by atoms with Gasteiger partial charge in [-0.3, -0.25) is 14.3 Å². The third kappa shape index (κ3) is 5.02. The van der Waals surface area contributed by atoms with Crippen molar-refractivity contribution in [2.45, 2.75) is 25.9 Å². The highest BCUT2D eigenvalue weighted by Gasteiger charge is 2.26. The van der Waals surface area contributed by atoms with Crippen molar-refractivity contribution < 1.29 is 4.79 Å². The average molecular weight is 503 g/mol. The van der Waals surface area contributed by atoms with Crippen LogP contribution in [0, 0.1) is 5.92 Å². The van der Waals surface area contributed by atoms with Crippen LogP contribution in [-0.2, 0) is 17.9 Å². The molecule has 4 aromatic rings. The van der Waals surface area contributed by atoms with E-state index in [2.05, 4.69) is 73.2 Å². The van der Waals surface area contributed by atoms with E-state index >= 15 is 0 Å². The zero-order valence-electron chi connectivity index (χ0n) is 18.5. The van der Waals surface area contributed by atoms with Crippen molar-refractivity contribution in [2.24, 2.45) is 5.92 Å². The normalized spacial score (nSPS) is 15.1. The van der Waals surface area contributed by atoms with Crippen LogP contribution in [0.1, 0.15) is 24.2 Å². The molecule has 0 unspecified atom stereocenters. The van der Waals surface area contributed by atoms with Crippen molar-refractivity contribution in [3.63, 3.8) is 0 Å². The fourth-order valence-electron chi connectivity index (χ4n) is 4.54. The van der Waals surface area contributed by atoms with E-state index in [9.17, 15) is 4.79 Å². The van der Waals surface area contributed by atoms with Crippen LogP contribution in [0.2, 0.25) is 0 Å². The number of carbonyl (C=O) groups is 1. The molecule has 5 nitrogen and oxygen atoms in total. The molecule has 0 aliphatic carbocycles. The summed E-state index contributed by atoms with van der Waals surface area (Å²) in [5, 5.41) is 3.11. The Kier molecular flexibility index (Phi) is 6.55. The standard InChI is InChI=1S/C27H27BrN4O/c28-22-10-12-23(13-11-22)32-25-9-5-4-8-24(25)30-26(32)19-31-16-14-21(15-17-31)27(33)29-18-20-6-2-1-3-7-20/h1-13,21H,14-19H2,(H,29,33). The van der Waals surface area contributed by atoms with E-state index in [4.69, 9.17) is 4.98 Å². The lowest BCUT2D eigenvalue weighted by molar-refractivity contribution is -0.126. The molecule has 2 heterocycles. The lowest BCUT2D eigenvalue weighted by atomic mass is 9.96. The van der Waals surface area contributed by atoms with Crippen LogP contribution in [0.5, 0.6) is 0 Å². The first kappa shape index (κ1) is 21.9. The molecule has 33 heavy (non-hydrogen) atoms. The second kappa shape index (κ2) is 9.89. The Labute approximate surface area is 202 Å². The van der Waals surface area contributed by atoms with E-state index < -0.39 is 0 Å². The molecule has 1 aliphatic rings. The van der Waals surface area contributed by atoms with Gasteiger partial charge in [-0.25, -0.2) is 4.98 Å². The predicted octanol–water partition coefficient (Wildman–Crippen LogP) is 5.32. The van der Waals surface area contributed by atoms with Gasteiger partial charge in [0.25, 0.3) is 0 Å². The summed E-state index contributed by atoms with van der Waals surface area (Å²) in [5.41, 5.74) is 4.36. The number of para-hydroxylation sites is 2. The van der Waals surface area contributed by atoms with Crippen molar-refractivity contribution in [1.29, 1.82) is 0 Å². The van der Waals surface area contributed by atoms with Gasteiger partial charge in [0.15, 0.2) is 0 Å². The van der Waals surface area contributed by atoms with Crippen LogP contribution in [0.3, 0.4) is 0 Å². The average Bonchev–Trinajstić information content (AvgIpc) is 3.22. The van der Waals surface area contributed by atoms with Gasteiger partial charge in [0, 0.05) is 22.6 Å². The van der Waals surface area contributed by atoms with Gasteiger partial charge in [0.2, 0.25) is 5.91 Å². The molecule has 0 radical (unpaired) electrons. The summed E-state index contributed by atoms with van der Waals surface area (Å²) in [4.78, 5) is 20.0. The molecule has 3 aromatic carbocycles. The fourth-order valence-corrected chi connectivity index (χ4v) is 4.81. The molecule has 168 valence electrons. The zero-order chi connectivity index (χ0) is 22.6. The van der Waals surface area contributed by atoms with E-state index in [0.717, 1.165) is 65.1 Å². The summed E-state index contributed by atoms with van der Waals surface area (Å²) >= 11 is 3.53. The molecule has 0 bridgehead atoms. The number of imidazole rings is 1. The molecule has 1 saturated heterocycles. The van der Waals surface area contributed by atoms with Gasteiger partial charge in [-0.05, 0) is 67.9 Å². The van der Waals surface area contributed by atoms with Crippen LogP contribution >= 0.6 is 15.9 Å². The second-order valence-corrected chi connectivity index (χ2v) is 9.50. The van der Waals surface area contributed by atoms with Gasteiger partial charge in [0.05, 0.1) is 17.6 Å². The molecule has 0 saturated carbocycles. The highest BCUT2D eigenvalue weighted by atomic mass is 79.9. The van der Waals surface area contributed by atoms with E-state index in [1.165, 1.54) is 0 Å². The van der Waals surface area contributed by atoms with Gasteiger partial charge in [0.1, 0.15) is 5.82 Å². The molecule has 0 spiro atoms. The summed E-state index contributed by atoms with van der Waals surface area (Å²) in [6.45, 7) is 3.15. The maximum atomic E-state index is 12.7. The van der Waals surface area contributed by atoms with E-state index in [1.54, 1.807) is 0 Å². The largest absolute Gasteiger partial charge is 0.352 e. The number of amides is 1. The number of hydrogen-bond acceptors (Lipinski definition) is 3. The van der Waals surface area contributed by atoms with Crippen LogP contribution in [0.4, 0.5) is 0 Å². The fraction of sp³-hybridized carbons (Fsp3) is 0.259. The Morgan fingerprint density at radius 1 is 0.939 bits per heavy atom. The lowest BCUT2D eigenvalue weighted by Gasteiger charge is -2.31. The molecule has 1 fully saturated rings. The van der Waals surface area contributed by atoms with Crippen molar-refractivity contribution in [3.8, 4) is 5.69 Å². The molecule has 0 atom stereocenters. The Morgan fingerprint density at radius 3 is 2.39 bits per heavy atom. The minimum Gasteiger partial charge on any atom is -0.352 e. The Bertz CT molecular complexity index is 1230. The highest BCUT2D eigenvalue weighted by molar-refractivity contribution is 9.10. The number of fused-ring (bicyclic) bond motifs is 1. The van der Waals surface area contributed by atoms with Gasteiger partial charge in [-0.1, -0.05) is 58.4 Å². The van der Waals surface area contributed by atoms with Crippen molar-refractivity contribution >= 4 is 32.9 Å². The first-order valence-electron chi connectivity index (χ1n) is 11.4. The number of nitrogens with one attached hydrogen (secondary N) is 1. The van der Waals surface area contributed by atoms with Gasteiger partial charge >= 0.3 is 0 Å². The number of rotatable bonds is 6. The molecule has 1 aromatic heterocycles. The summed E-state index contributed by atoms with van der Waals surface area (Å²) in [6, 6.07) is 26.7. The molecule has 1 aliphatic heterocycles. The molecular formula is C27H27BrN4O. The smallest absolute Gasteiger partial charge is 0.223 e. The molecule has 1 N–H and O–H groups in total. The van der Waals surface area contributed by atoms with Crippen LogP contribution in [-0.4, -0.2) is 33.4 Å². The summed E-state index contributed by atoms with van der Waals surface area (Å²) in [5.74, 6) is 1.28. The minimum absolute atomic E-state index is 0.0789. The lowest BCUT2D eigenvalue weighted by Crippen LogP contribution is -2.40. The first-order chi connectivity index (χ1) is 16.2.